The lowest BCUT2D eigenvalue weighted by molar-refractivity contribution is -0.115. The molecule has 1 atom stereocenters. The van der Waals surface area contributed by atoms with E-state index in [0.29, 0.717) is 11.6 Å². The molecule has 0 saturated heterocycles. The maximum atomic E-state index is 13.3. The molecular formula is C20H18FN3OS. The van der Waals surface area contributed by atoms with Gasteiger partial charge in [-0.15, -0.1) is 0 Å². The third-order valence-electron chi connectivity index (χ3n) is 4.28. The van der Waals surface area contributed by atoms with Crippen LogP contribution >= 0.6 is 11.8 Å². The topological polar surface area (TPSA) is 54.9 Å². The number of benzene rings is 2. The Kier molecular flexibility index (Phi) is 4.59. The van der Waals surface area contributed by atoms with Crippen LogP contribution in [0.2, 0.25) is 0 Å². The summed E-state index contributed by atoms with van der Waals surface area (Å²) in [4.78, 5) is 21.9. The highest BCUT2D eigenvalue weighted by atomic mass is 32.2. The van der Waals surface area contributed by atoms with Crippen LogP contribution in [0.25, 0.3) is 10.9 Å². The number of carbonyl (C=O) groups is 1. The Morgan fingerprint density at radius 1 is 1.19 bits per heavy atom. The molecule has 132 valence electrons. The van der Waals surface area contributed by atoms with Crippen LogP contribution in [-0.2, 0) is 4.79 Å². The minimum absolute atomic E-state index is 0.184. The van der Waals surface area contributed by atoms with Gasteiger partial charge in [0.15, 0.2) is 0 Å². The number of nitrogens with one attached hydrogen (secondary N) is 1. The van der Waals surface area contributed by atoms with Crippen LogP contribution in [-0.4, -0.2) is 21.1 Å². The van der Waals surface area contributed by atoms with Gasteiger partial charge in [-0.25, -0.2) is 14.4 Å². The molecule has 1 fully saturated rings. The molecule has 1 heterocycles. The van der Waals surface area contributed by atoms with E-state index in [4.69, 9.17) is 4.98 Å². The van der Waals surface area contributed by atoms with E-state index in [1.807, 2.05) is 31.2 Å². The van der Waals surface area contributed by atoms with E-state index in [-0.39, 0.29) is 17.0 Å². The van der Waals surface area contributed by atoms with E-state index < -0.39 is 0 Å². The lowest BCUT2D eigenvalue weighted by Gasteiger charge is -2.14. The third-order valence-corrected chi connectivity index (χ3v) is 5.38. The molecule has 2 aromatic carbocycles. The maximum absolute atomic E-state index is 13.3. The van der Waals surface area contributed by atoms with E-state index in [1.165, 1.54) is 23.9 Å². The van der Waals surface area contributed by atoms with Crippen LogP contribution in [0, 0.1) is 5.82 Å². The quantitative estimate of drug-likeness (QED) is 0.521. The molecule has 4 rings (SSSR count). The molecule has 1 aromatic heterocycles. The Hall–Kier alpha value is -2.47. The molecule has 3 aromatic rings. The first-order valence-electron chi connectivity index (χ1n) is 8.60. The maximum Gasteiger partial charge on any atom is 0.237 e. The fraction of sp³-hybridized carbons (Fsp3) is 0.250. The molecule has 0 aliphatic heterocycles. The molecule has 1 unspecified atom stereocenters. The average Bonchev–Trinajstić information content (AvgIpc) is 3.46. The van der Waals surface area contributed by atoms with E-state index >= 15 is 0 Å². The van der Waals surface area contributed by atoms with Gasteiger partial charge in [-0.3, -0.25) is 4.79 Å². The van der Waals surface area contributed by atoms with E-state index in [9.17, 15) is 9.18 Å². The zero-order valence-corrected chi connectivity index (χ0v) is 15.1. The predicted molar refractivity (Wildman–Crippen MR) is 102 cm³/mol. The zero-order valence-electron chi connectivity index (χ0n) is 14.3. The predicted octanol–water partition coefficient (Wildman–Crippen LogP) is 4.77. The van der Waals surface area contributed by atoms with Crippen molar-refractivity contribution in [3.05, 3.63) is 60.2 Å². The van der Waals surface area contributed by atoms with E-state index in [1.54, 1.807) is 12.1 Å². The average molecular weight is 367 g/mol. The van der Waals surface area contributed by atoms with Gasteiger partial charge in [-0.05, 0) is 44.0 Å². The molecule has 4 nitrogen and oxygen atoms in total. The van der Waals surface area contributed by atoms with Crippen molar-refractivity contribution in [2.24, 2.45) is 0 Å². The highest BCUT2D eigenvalue weighted by Gasteiger charge is 2.28. The van der Waals surface area contributed by atoms with Crippen LogP contribution in [0.5, 0.6) is 0 Å². The minimum Gasteiger partial charge on any atom is -0.325 e. The molecule has 0 bridgehead atoms. The second kappa shape index (κ2) is 7.03. The van der Waals surface area contributed by atoms with Crippen molar-refractivity contribution in [2.45, 2.75) is 36.0 Å². The SMILES string of the molecule is CC(Sc1nc(C2CC2)nc2ccccc12)C(=O)Nc1cccc(F)c1. The molecule has 1 N–H and O–H groups in total. The summed E-state index contributed by atoms with van der Waals surface area (Å²) in [5, 5.41) is 4.16. The molecule has 6 heteroatoms. The summed E-state index contributed by atoms with van der Waals surface area (Å²) in [7, 11) is 0. The van der Waals surface area contributed by atoms with Crippen molar-refractivity contribution in [3.8, 4) is 0 Å². The van der Waals surface area contributed by atoms with Gasteiger partial charge in [0.25, 0.3) is 0 Å². The van der Waals surface area contributed by atoms with Crippen molar-refractivity contribution in [1.82, 2.24) is 9.97 Å². The van der Waals surface area contributed by atoms with Crippen LogP contribution in [0.3, 0.4) is 0 Å². The van der Waals surface area contributed by atoms with Gasteiger partial charge >= 0.3 is 0 Å². The molecule has 0 radical (unpaired) electrons. The number of fused-ring (bicyclic) bond motifs is 1. The lowest BCUT2D eigenvalue weighted by Crippen LogP contribution is -2.22. The molecule has 1 saturated carbocycles. The number of nitrogens with zero attached hydrogens (tertiary/aromatic N) is 2. The van der Waals surface area contributed by atoms with Gasteiger partial charge in [0.05, 0.1) is 10.8 Å². The molecule has 1 aliphatic carbocycles. The second-order valence-electron chi connectivity index (χ2n) is 6.44. The normalized spacial score (nSPS) is 15.0. The van der Waals surface area contributed by atoms with Crippen molar-refractivity contribution in [2.75, 3.05) is 5.32 Å². The highest BCUT2D eigenvalue weighted by Crippen LogP contribution is 2.40. The standard InChI is InChI=1S/C20H18FN3OS/c1-12(19(25)22-15-6-4-5-14(21)11-15)26-20-16-7-2-3-8-17(16)23-18(24-20)13-9-10-13/h2-8,11-13H,9-10H2,1H3,(H,22,25). The number of thioether (sulfide) groups is 1. The number of hydrogen-bond acceptors (Lipinski definition) is 4. The molecule has 1 aliphatic rings. The fourth-order valence-electron chi connectivity index (χ4n) is 2.71. The van der Waals surface area contributed by atoms with Gasteiger partial charge < -0.3 is 5.32 Å². The van der Waals surface area contributed by atoms with Gasteiger partial charge in [-0.2, -0.15) is 0 Å². The number of rotatable bonds is 5. The summed E-state index contributed by atoms with van der Waals surface area (Å²) in [6.07, 6.45) is 2.25. The van der Waals surface area contributed by atoms with Crippen LogP contribution < -0.4 is 5.32 Å². The van der Waals surface area contributed by atoms with Crippen LogP contribution in [0.4, 0.5) is 10.1 Å². The molecule has 1 amide bonds. The number of carbonyl (C=O) groups excluding carboxylic acids is 1. The minimum atomic E-state index is -0.376. The summed E-state index contributed by atoms with van der Waals surface area (Å²) in [5.41, 5.74) is 1.36. The number of halogens is 1. The number of para-hydroxylation sites is 1. The Labute approximate surface area is 155 Å². The number of anilines is 1. The van der Waals surface area contributed by atoms with E-state index in [2.05, 4.69) is 10.3 Å². The summed E-state index contributed by atoms with van der Waals surface area (Å²) in [5.74, 6) is 0.745. The second-order valence-corrected chi connectivity index (χ2v) is 7.77. The highest BCUT2D eigenvalue weighted by molar-refractivity contribution is 8.00. The number of amides is 1. The molecule has 26 heavy (non-hydrogen) atoms. The first-order valence-corrected chi connectivity index (χ1v) is 9.48. The molecule has 0 spiro atoms. The number of aromatic nitrogens is 2. The van der Waals surface area contributed by atoms with Crippen molar-refractivity contribution in [1.29, 1.82) is 0 Å². The Morgan fingerprint density at radius 2 is 2.00 bits per heavy atom. The zero-order chi connectivity index (χ0) is 18.1. The van der Waals surface area contributed by atoms with Crippen LogP contribution in [0.15, 0.2) is 53.6 Å². The van der Waals surface area contributed by atoms with Crippen molar-refractivity contribution >= 4 is 34.3 Å². The van der Waals surface area contributed by atoms with Crippen molar-refractivity contribution < 1.29 is 9.18 Å². The van der Waals surface area contributed by atoms with Gasteiger partial charge in [0.2, 0.25) is 5.91 Å². The first-order chi connectivity index (χ1) is 12.6. The monoisotopic (exact) mass is 367 g/mol. The Balaban J connectivity index is 1.56. The number of hydrogen-bond donors (Lipinski definition) is 1. The smallest absolute Gasteiger partial charge is 0.237 e. The van der Waals surface area contributed by atoms with Gasteiger partial charge in [-0.1, -0.05) is 36.0 Å². The van der Waals surface area contributed by atoms with E-state index in [0.717, 1.165) is 34.6 Å². The summed E-state index contributed by atoms with van der Waals surface area (Å²) < 4.78 is 13.3. The summed E-state index contributed by atoms with van der Waals surface area (Å²) in [6.45, 7) is 1.83. The fourth-order valence-corrected chi connectivity index (χ4v) is 3.66. The first kappa shape index (κ1) is 17.0. The van der Waals surface area contributed by atoms with Crippen LogP contribution in [0.1, 0.15) is 31.5 Å². The Bertz CT molecular complexity index is 974. The summed E-state index contributed by atoms with van der Waals surface area (Å²) >= 11 is 1.41. The molecular weight excluding hydrogens is 349 g/mol. The third kappa shape index (κ3) is 3.70. The van der Waals surface area contributed by atoms with Gasteiger partial charge in [0.1, 0.15) is 16.7 Å². The Morgan fingerprint density at radius 3 is 2.77 bits per heavy atom. The lowest BCUT2D eigenvalue weighted by atomic mass is 10.2. The van der Waals surface area contributed by atoms with Crippen molar-refractivity contribution in [3.63, 3.8) is 0 Å². The largest absolute Gasteiger partial charge is 0.325 e. The van der Waals surface area contributed by atoms with Gasteiger partial charge in [0, 0.05) is 17.0 Å². The summed E-state index contributed by atoms with van der Waals surface area (Å²) in [6, 6.07) is 13.8.